The van der Waals surface area contributed by atoms with Crippen molar-refractivity contribution >= 4 is 18.3 Å². The van der Waals surface area contributed by atoms with Gasteiger partial charge in [0.2, 0.25) is 0 Å². The largest absolute Gasteiger partial charge is 0.467 e. The molecular formula is C23H33FN2O4. The van der Waals surface area contributed by atoms with Gasteiger partial charge in [-0.25, -0.2) is 14.0 Å². The van der Waals surface area contributed by atoms with Crippen molar-refractivity contribution in [3.8, 4) is 0 Å². The molecule has 6 nitrogen and oxygen atoms in total. The highest BCUT2D eigenvalue weighted by molar-refractivity contribution is 5.87. The Balaban J connectivity index is 2.76. The van der Waals surface area contributed by atoms with Crippen LogP contribution in [0.2, 0.25) is 0 Å². The van der Waals surface area contributed by atoms with Crippen LogP contribution in [0.15, 0.2) is 35.1 Å². The second-order valence-corrected chi connectivity index (χ2v) is 8.42. The Morgan fingerprint density at radius 2 is 1.87 bits per heavy atom. The van der Waals surface area contributed by atoms with Crippen LogP contribution in [-0.4, -0.2) is 43.1 Å². The maximum Gasteiger partial charge on any atom is 0.407 e. The molecule has 1 amide bonds. The first kappa shape index (κ1) is 25.3. The van der Waals surface area contributed by atoms with Crippen LogP contribution in [0.4, 0.5) is 9.18 Å². The van der Waals surface area contributed by atoms with Crippen LogP contribution in [0.5, 0.6) is 0 Å². The van der Waals surface area contributed by atoms with E-state index in [0.717, 1.165) is 16.7 Å². The van der Waals surface area contributed by atoms with Crippen LogP contribution < -0.4 is 5.32 Å². The Kier molecular flexibility index (Phi) is 9.21. The van der Waals surface area contributed by atoms with Crippen molar-refractivity contribution < 1.29 is 23.5 Å². The molecule has 0 radical (unpaired) electrons. The van der Waals surface area contributed by atoms with Gasteiger partial charge in [0.25, 0.3) is 0 Å². The van der Waals surface area contributed by atoms with E-state index < -0.39 is 29.0 Å². The molecule has 1 aromatic carbocycles. The molecule has 1 rings (SSSR count). The first-order valence-corrected chi connectivity index (χ1v) is 9.88. The minimum Gasteiger partial charge on any atom is -0.467 e. The van der Waals surface area contributed by atoms with Gasteiger partial charge in [0.05, 0.1) is 12.9 Å². The van der Waals surface area contributed by atoms with Crippen LogP contribution in [0, 0.1) is 13.8 Å². The van der Waals surface area contributed by atoms with Crippen LogP contribution in [0.1, 0.15) is 57.2 Å². The number of nitrogens with zero attached hydrogens (tertiary/aromatic N) is 1. The highest BCUT2D eigenvalue weighted by Crippen LogP contribution is 2.23. The van der Waals surface area contributed by atoms with E-state index in [1.54, 1.807) is 33.9 Å². The summed E-state index contributed by atoms with van der Waals surface area (Å²) in [5, 5.41) is 2.46. The van der Waals surface area contributed by atoms with E-state index in [0.29, 0.717) is 0 Å². The van der Waals surface area contributed by atoms with Gasteiger partial charge in [-0.2, -0.15) is 0 Å². The second kappa shape index (κ2) is 10.9. The van der Waals surface area contributed by atoms with Crippen LogP contribution in [0.25, 0.3) is 0 Å². The molecule has 1 atom stereocenters. The Morgan fingerprint density at radius 3 is 2.43 bits per heavy atom. The van der Waals surface area contributed by atoms with E-state index in [2.05, 4.69) is 10.3 Å². The van der Waals surface area contributed by atoms with Gasteiger partial charge < -0.3 is 14.8 Å². The van der Waals surface area contributed by atoms with Gasteiger partial charge in [-0.1, -0.05) is 23.8 Å². The summed E-state index contributed by atoms with van der Waals surface area (Å²) in [5.41, 5.74) is 1.20. The number of halogens is 1. The number of carbonyl (C=O) groups is 2. The molecule has 0 heterocycles. The second-order valence-electron chi connectivity index (χ2n) is 8.42. The molecule has 0 bridgehead atoms. The third kappa shape index (κ3) is 8.76. The smallest absolute Gasteiger partial charge is 0.407 e. The molecule has 7 heteroatoms. The lowest BCUT2D eigenvalue weighted by Gasteiger charge is -2.22. The lowest BCUT2D eigenvalue weighted by molar-refractivity contribution is -0.146. The SMILES string of the molecule is COC(=O)C(C)(CC/C(F)=C\CNC(=O)OC(C)(C)C)N=Cc1ccc(C)cc1C. The fraction of sp³-hybridized carbons (Fsp3) is 0.522. The number of alkyl carbamates (subject to hydrolysis) is 1. The maximum atomic E-state index is 14.2. The van der Waals surface area contributed by atoms with Crippen molar-refractivity contribution in [2.24, 2.45) is 4.99 Å². The van der Waals surface area contributed by atoms with Crippen LogP contribution in [-0.2, 0) is 14.3 Å². The third-order valence-corrected chi connectivity index (χ3v) is 4.36. The molecule has 0 fully saturated rings. The van der Waals surface area contributed by atoms with E-state index in [1.165, 1.54) is 13.2 Å². The van der Waals surface area contributed by atoms with Gasteiger partial charge in [-0.15, -0.1) is 0 Å². The number of hydrogen-bond donors (Lipinski definition) is 1. The molecule has 0 aromatic heterocycles. The summed E-state index contributed by atoms with van der Waals surface area (Å²) in [4.78, 5) is 28.3. The van der Waals surface area contributed by atoms with Crippen molar-refractivity contribution in [3.63, 3.8) is 0 Å². The van der Waals surface area contributed by atoms with Gasteiger partial charge >= 0.3 is 12.1 Å². The number of carbonyl (C=O) groups excluding carboxylic acids is 2. The summed E-state index contributed by atoms with van der Waals surface area (Å²) in [5.74, 6) is -0.994. The number of allylic oxidation sites excluding steroid dienone is 1. The van der Waals surface area contributed by atoms with Gasteiger partial charge in [-0.3, -0.25) is 4.99 Å². The molecule has 0 saturated heterocycles. The number of nitrogens with one attached hydrogen (secondary N) is 1. The molecule has 0 aliphatic heterocycles. The zero-order valence-corrected chi connectivity index (χ0v) is 19.0. The van der Waals surface area contributed by atoms with Gasteiger partial charge in [0.15, 0.2) is 5.54 Å². The zero-order valence-electron chi connectivity index (χ0n) is 19.0. The van der Waals surface area contributed by atoms with E-state index >= 15 is 0 Å². The molecule has 0 spiro atoms. The molecule has 0 aliphatic carbocycles. The molecule has 1 aromatic rings. The van der Waals surface area contributed by atoms with E-state index in [4.69, 9.17) is 9.47 Å². The number of hydrogen-bond acceptors (Lipinski definition) is 5. The summed E-state index contributed by atoms with van der Waals surface area (Å²) in [6.45, 7) is 10.8. The summed E-state index contributed by atoms with van der Waals surface area (Å²) in [6, 6.07) is 5.91. The molecule has 0 aliphatic rings. The molecule has 1 unspecified atom stereocenters. The summed E-state index contributed by atoms with van der Waals surface area (Å²) >= 11 is 0. The maximum absolute atomic E-state index is 14.2. The molecule has 0 saturated carbocycles. The van der Waals surface area contributed by atoms with Crippen molar-refractivity contribution in [3.05, 3.63) is 46.8 Å². The van der Waals surface area contributed by atoms with E-state index in [-0.39, 0.29) is 19.4 Å². The summed E-state index contributed by atoms with van der Waals surface area (Å²) < 4.78 is 24.2. The monoisotopic (exact) mass is 420 g/mol. The number of methoxy groups -OCH3 is 1. The Hall–Kier alpha value is -2.70. The topological polar surface area (TPSA) is 77.0 Å². The normalized spacial score (nSPS) is 14.3. The Morgan fingerprint density at radius 1 is 1.20 bits per heavy atom. The zero-order chi connectivity index (χ0) is 22.9. The average Bonchev–Trinajstić information content (AvgIpc) is 2.63. The lowest BCUT2D eigenvalue weighted by atomic mass is 9.95. The van der Waals surface area contributed by atoms with Gasteiger partial charge in [0, 0.05) is 19.2 Å². The quantitative estimate of drug-likeness (QED) is 0.483. The van der Waals surface area contributed by atoms with Crippen molar-refractivity contribution in [2.45, 2.75) is 65.5 Å². The fourth-order valence-electron chi connectivity index (χ4n) is 2.65. The van der Waals surface area contributed by atoms with Gasteiger partial charge in [-0.05, 0) is 65.2 Å². The first-order valence-electron chi connectivity index (χ1n) is 9.88. The fourth-order valence-corrected chi connectivity index (χ4v) is 2.65. The Bertz CT molecular complexity index is 812. The number of amides is 1. The summed E-state index contributed by atoms with van der Waals surface area (Å²) in [7, 11) is 1.28. The summed E-state index contributed by atoms with van der Waals surface area (Å²) in [6.07, 6.45) is 2.35. The highest BCUT2D eigenvalue weighted by Gasteiger charge is 2.33. The number of aryl methyl sites for hydroxylation is 2. The molecular weight excluding hydrogens is 387 g/mol. The predicted octanol–water partition coefficient (Wildman–Crippen LogP) is 4.81. The van der Waals surface area contributed by atoms with E-state index in [9.17, 15) is 14.0 Å². The number of ether oxygens (including phenoxy) is 2. The van der Waals surface area contributed by atoms with Crippen LogP contribution >= 0.6 is 0 Å². The number of esters is 1. The molecule has 30 heavy (non-hydrogen) atoms. The highest BCUT2D eigenvalue weighted by atomic mass is 19.1. The average molecular weight is 421 g/mol. The van der Waals surface area contributed by atoms with E-state index in [1.807, 2.05) is 32.0 Å². The van der Waals surface area contributed by atoms with Crippen molar-refractivity contribution in [2.75, 3.05) is 13.7 Å². The molecule has 1 N–H and O–H groups in total. The van der Waals surface area contributed by atoms with Crippen molar-refractivity contribution in [1.82, 2.24) is 5.32 Å². The lowest BCUT2D eigenvalue weighted by Crippen LogP contribution is -2.35. The third-order valence-electron chi connectivity index (χ3n) is 4.36. The number of aliphatic imine (C=N–C) groups is 1. The first-order chi connectivity index (χ1) is 13.9. The standard InChI is InChI=1S/C23H33FN2O4/c1-16-8-9-18(17(2)14-16)15-26-23(6,20(27)29-7)12-10-19(24)11-13-25-21(28)30-22(3,4)5/h8-9,11,14-15H,10,12-13H2,1-7H3,(H,25,28)/b19-11+,26-15?. The Labute approximate surface area is 178 Å². The van der Waals surface area contributed by atoms with Crippen molar-refractivity contribution in [1.29, 1.82) is 0 Å². The predicted molar refractivity (Wildman–Crippen MR) is 117 cm³/mol. The number of rotatable bonds is 8. The number of benzene rings is 1. The van der Waals surface area contributed by atoms with Gasteiger partial charge in [0.1, 0.15) is 5.60 Å². The molecule has 166 valence electrons. The minimum absolute atomic E-state index is 0.0124. The van der Waals surface area contributed by atoms with Crippen LogP contribution in [0.3, 0.4) is 0 Å². The minimum atomic E-state index is -1.23.